The molecule has 1 heterocycles. The molecule has 3 nitrogen and oxygen atoms in total. The van der Waals surface area contributed by atoms with Crippen LogP contribution < -0.4 is 10.1 Å². The van der Waals surface area contributed by atoms with Crippen molar-refractivity contribution >= 4 is 44.6 Å². The van der Waals surface area contributed by atoms with Crippen molar-refractivity contribution in [3.63, 3.8) is 0 Å². The molecule has 102 valence electrons. The number of rotatable bonds is 5. The molecule has 0 amide bonds. The molecule has 0 fully saturated rings. The van der Waals surface area contributed by atoms with Crippen LogP contribution in [0.5, 0.6) is 5.75 Å². The highest BCUT2D eigenvalue weighted by Gasteiger charge is 2.14. The van der Waals surface area contributed by atoms with Crippen molar-refractivity contribution in [3.05, 3.63) is 38.2 Å². The first-order valence-corrected chi connectivity index (χ1v) is 7.99. The molecule has 1 N–H and O–H groups in total. The number of aromatic nitrogens is 1. The molecule has 6 heteroatoms. The minimum absolute atomic E-state index is 0.0934. The molecule has 2 aromatic rings. The van der Waals surface area contributed by atoms with Crippen LogP contribution in [0.25, 0.3) is 0 Å². The number of hydrogen-bond donors (Lipinski definition) is 1. The summed E-state index contributed by atoms with van der Waals surface area (Å²) in [7, 11) is 0. The Kier molecular flexibility index (Phi) is 5.07. The molecular formula is C13H14BrClN2OS. The summed E-state index contributed by atoms with van der Waals surface area (Å²) in [5.41, 5.74) is 3.69. The average Bonchev–Trinajstić information content (AvgIpc) is 2.87. The fourth-order valence-corrected chi connectivity index (χ4v) is 3.27. The number of ether oxygens (including phenoxy) is 1. The monoisotopic (exact) mass is 360 g/mol. The van der Waals surface area contributed by atoms with Crippen molar-refractivity contribution in [1.29, 1.82) is 0 Å². The number of nitrogens with one attached hydrogen (secondary N) is 1. The average molecular weight is 362 g/mol. The third-order valence-electron chi connectivity index (χ3n) is 2.56. The predicted molar refractivity (Wildman–Crippen MR) is 84.5 cm³/mol. The first-order valence-electron chi connectivity index (χ1n) is 5.88. The summed E-state index contributed by atoms with van der Waals surface area (Å²) < 4.78 is 6.50. The van der Waals surface area contributed by atoms with E-state index in [4.69, 9.17) is 16.3 Å². The third-order valence-corrected chi connectivity index (χ3v) is 3.98. The van der Waals surface area contributed by atoms with Gasteiger partial charge in [-0.05, 0) is 41.9 Å². The minimum atomic E-state index is 0.0934. The van der Waals surface area contributed by atoms with Crippen LogP contribution in [0, 0.1) is 0 Å². The summed E-state index contributed by atoms with van der Waals surface area (Å²) >= 11 is 11.1. The van der Waals surface area contributed by atoms with E-state index in [1.165, 1.54) is 0 Å². The van der Waals surface area contributed by atoms with Crippen LogP contribution in [-0.2, 0) is 0 Å². The summed E-state index contributed by atoms with van der Waals surface area (Å²) in [4.78, 5) is 4.30. The molecule has 0 saturated heterocycles. The highest BCUT2D eigenvalue weighted by atomic mass is 79.9. The van der Waals surface area contributed by atoms with Crippen LogP contribution in [0.4, 0.5) is 5.69 Å². The van der Waals surface area contributed by atoms with Crippen LogP contribution in [0.3, 0.4) is 0 Å². The summed E-state index contributed by atoms with van der Waals surface area (Å²) in [5.74, 6) is 0.772. The number of anilines is 1. The van der Waals surface area contributed by atoms with Crippen LogP contribution in [0.2, 0.25) is 5.02 Å². The van der Waals surface area contributed by atoms with Gasteiger partial charge in [-0.3, -0.25) is 0 Å². The lowest BCUT2D eigenvalue weighted by molar-refractivity contribution is 0.339. The summed E-state index contributed by atoms with van der Waals surface area (Å²) in [6, 6.07) is 3.78. The van der Waals surface area contributed by atoms with Gasteiger partial charge in [0.15, 0.2) is 5.75 Å². The number of benzene rings is 1. The Bertz CT molecular complexity index is 548. The fraction of sp³-hybridized carbons (Fsp3) is 0.308. The van der Waals surface area contributed by atoms with Gasteiger partial charge in [-0.1, -0.05) is 11.6 Å². The van der Waals surface area contributed by atoms with Crippen molar-refractivity contribution in [2.75, 3.05) is 11.9 Å². The summed E-state index contributed by atoms with van der Waals surface area (Å²) in [5, 5.41) is 6.07. The van der Waals surface area contributed by atoms with Gasteiger partial charge in [-0.25, -0.2) is 4.98 Å². The van der Waals surface area contributed by atoms with Crippen molar-refractivity contribution in [2.45, 2.75) is 19.9 Å². The standard InChI is InChI=1S/C13H14BrClN2OS/c1-3-18-13-10(14)4-9(15)5-11(13)17-8(2)12-6-19-7-16-12/h4-8,17H,3H2,1-2H3. The zero-order valence-corrected chi connectivity index (χ0v) is 13.8. The number of hydrogen-bond acceptors (Lipinski definition) is 4. The molecular weight excluding hydrogens is 348 g/mol. The van der Waals surface area contributed by atoms with Gasteiger partial charge in [0, 0.05) is 10.4 Å². The normalized spacial score (nSPS) is 12.2. The van der Waals surface area contributed by atoms with E-state index in [9.17, 15) is 0 Å². The van der Waals surface area contributed by atoms with E-state index < -0.39 is 0 Å². The van der Waals surface area contributed by atoms with Gasteiger partial charge in [-0.15, -0.1) is 11.3 Å². The largest absolute Gasteiger partial charge is 0.491 e. The Morgan fingerprint density at radius 1 is 1.53 bits per heavy atom. The van der Waals surface area contributed by atoms with E-state index in [-0.39, 0.29) is 6.04 Å². The SMILES string of the molecule is CCOc1c(Br)cc(Cl)cc1NC(C)c1cscn1. The molecule has 1 aromatic carbocycles. The van der Waals surface area contributed by atoms with Crippen molar-refractivity contribution in [1.82, 2.24) is 4.98 Å². The predicted octanol–water partition coefficient (Wildman–Crippen LogP) is 5.13. The zero-order chi connectivity index (χ0) is 13.8. The van der Waals surface area contributed by atoms with Crippen LogP contribution in [0.1, 0.15) is 25.6 Å². The maximum atomic E-state index is 6.09. The molecule has 1 atom stereocenters. The van der Waals surface area contributed by atoms with Crippen LogP contribution in [0.15, 0.2) is 27.5 Å². The molecule has 0 saturated carbocycles. The van der Waals surface area contributed by atoms with E-state index in [1.54, 1.807) is 11.3 Å². The van der Waals surface area contributed by atoms with Crippen molar-refractivity contribution < 1.29 is 4.74 Å². The maximum Gasteiger partial charge on any atom is 0.156 e. The number of thiazole rings is 1. The number of halogens is 2. The highest BCUT2D eigenvalue weighted by Crippen LogP contribution is 2.38. The maximum absolute atomic E-state index is 6.09. The van der Waals surface area contributed by atoms with Gasteiger partial charge in [0.25, 0.3) is 0 Å². The molecule has 0 bridgehead atoms. The quantitative estimate of drug-likeness (QED) is 0.801. The third kappa shape index (κ3) is 3.61. The first-order chi connectivity index (χ1) is 9.11. The first kappa shape index (κ1) is 14.6. The minimum Gasteiger partial charge on any atom is -0.491 e. The molecule has 1 aromatic heterocycles. The summed E-state index contributed by atoms with van der Waals surface area (Å²) in [6.45, 7) is 4.61. The van der Waals surface area contributed by atoms with E-state index in [1.807, 2.05) is 29.9 Å². The molecule has 0 radical (unpaired) electrons. The second-order valence-corrected chi connectivity index (χ2v) is 5.99. The van der Waals surface area contributed by atoms with Gasteiger partial charge in [-0.2, -0.15) is 0 Å². The Hall–Kier alpha value is -0.780. The molecule has 1 unspecified atom stereocenters. The smallest absolute Gasteiger partial charge is 0.156 e. The Morgan fingerprint density at radius 2 is 2.32 bits per heavy atom. The van der Waals surface area contributed by atoms with Crippen molar-refractivity contribution in [3.8, 4) is 5.75 Å². The van der Waals surface area contributed by atoms with Gasteiger partial charge in [0.05, 0.1) is 34.0 Å². The molecule has 0 aliphatic rings. The van der Waals surface area contributed by atoms with Gasteiger partial charge in [0.2, 0.25) is 0 Å². The van der Waals surface area contributed by atoms with Gasteiger partial charge in [0.1, 0.15) is 0 Å². The summed E-state index contributed by atoms with van der Waals surface area (Å²) in [6.07, 6.45) is 0. The molecule has 19 heavy (non-hydrogen) atoms. The van der Waals surface area contributed by atoms with Crippen LogP contribution >= 0.6 is 38.9 Å². The lowest BCUT2D eigenvalue weighted by Crippen LogP contribution is -2.09. The Labute approximate surface area is 130 Å². The zero-order valence-electron chi connectivity index (χ0n) is 10.6. The lowest BCUT2D eigenvalue weighted by atomic mass is 10.2. The number of nitrogens with zero attached hydrogens (tertiary/aromatic N) is 1. The molecule has 0 spiro atoms. The van der Waals surface area contributed by atoms with E-state index in [0.717, 1.165) is 21.6 Å². The van der Waals surface area contributed by atoms with E-state index in [0.29, 0.717) is 11.6 Å². The lowest BCUT2D eigenvalue weighted by Gasteiger charge is -2.18. The Balaban J connectivity index is 2.28. The Morgan fingerprint density at radius 3 is 2.95 bits per heavy atom. The topological polar surface area (TPSA) is 34.1 Å². The molecule has 0 aliphatic heterocycles. The van der Waals surface area contributed by atoms with Crippen molar-refractivity contribution in [2.24, 2.45) is 0 Å². The molecule has 2 rings (SSSR count). The van der Waals surface area contributed by atoms with Crippen LogP contribution in [-0.4, -0.2) is 11.6 Å². The fourth-order valence-electron chi connectivity index (χ4n) is 1.70. The van der Waals surface area contributed by atoms with E-state index in [2.05, 4.69) is 33.2 Å². The van der Waals surface area contributed by atoms with E-state index >= 15 is 0 Å². The highest BCUT2D eigenvalue weighted by molar-refractivity contribution is 9.10. The second kappa shape index (κ2) is 6.59. The van der Waals surface area contributed by atoms with Gasteiger partial charge >= 0.3 is 0 Å². The molecule has 0 aliphatic carbocycles. The van der Waals surface area contributed by atoms with Gasteiger partial charge < -0.3 is 10.1 Å². The second-order valence-electron chi connectivity index (χ2n) is 3.98.